The molecule has 3 aliphatic rings. The van der Waals surface area contributed by atoms with E-state index >= 15 is 0 Å². The lowest BCUT2D eigenvalue weighted by atomic mass is 10.0. The van der Waals surface area contributed by atoms with E-state index in [9.17, 15) is 18.0 Å². The number of rotatable bonds is 4. The van der Waals surface area contributed by atoms with Gasteiger partial charge in [0.05, 0.1) is 46.4 Å². The summed E-state index contributed by atoms with van der Waals surface area (Å²) >= 11 is 0. The molecule has 11 heteroatoms. The van der Waals surface area contributed by atoms with Gasteiger partial charge >= 0.3 is 0 Å². The van der Waals surface area contributed by atoms with E-state index in [0.717, 1.165) is 18.5 Å². The van der Waals surface area contributed by atoms with Crippen molar-refractivity contribution in [2.75, 3.05) is 23.0 Å². The molecule has 3 aromatic rings. The van der Waals surface area contributed by atoms with Crippen LogP contribution >= 0.6 is 0 Å². The number of aromatic nitrogens is 3. The summed E-state index contributed by atoms with van der Waals surface area (Å²) in [6.07, 6.45) is 1.47. The molecule has 0 radical (unpaired) electrons. The lowest BCUT2D eigenvalue weighted by Gasteiger charge is -2.33. The maximum atomic E-state index is 14.1. The van der Waals surface area contributed by atoms with Gasteiger partial charge in [0.25, 0.3) is 11.8 Å². The molecule has 35 heavy (non-hydrogen) atoms. The first-order chi connectivity index (χ1) is 16.7. The number of hydrogen-bond acceptors (Lipinski definition) is 7. The molecule has 2 N–H and O–H groups in total. The summed E-state index contributed by atoms with van der Waals surface area (Å²) in [6.45, 7) is 1.79. The van der Waals surface area contributed by atoms with E-state index in [1.165, 1.54) is 4.90 Å². The largest absolute Gasteiger partial charge is 0.477 e. The Labute approximate surface area is 202 Å². The van der Waals surface area contributed by atoms with Gasteiger partial charge in [0.1, 0.15) is 5.75 Å². The first-order valence-electron chi connectivity index (χ1n) is 11.7. The minimum absolute atomic E-state index is 0.0121. The Hall–Kier alpha value is -3.47. The third-order valence-corrected chi connectivity index (χ3v) is 8.72. The second kappa shape index (κ2) is 7.77. The Balaban J connectivity index is 1.50. The van der Waals surface area contributed by atoms with Crippen molar-refractivity contribution in [1.82, 2.24) is 14.8 Å². The molecular formula is C24H25N5O5S. The fourth-order valence-corrected chi connectivity index (χ4v) is 6.72. The molecule has 2 amide bonds. The Bertz CT molecular complexity index is 1490. The number of nitrogens with two attached hydrogens (primary N) is 1. The Morgan fingerprint density at radius 2 is 1.94 bits per heavy atom. The number of sulfone groups is 1. The number of amides is 2. The highest BCUT2D eigenvalue weighted by Gasteiger charge is 2.37. The van der Waals surface area contributed by atoms with Crippen molar-refractivity contribution in [1.29, 1.82) is 0 Å². The lowest BCUT2D eigenvalue weighted by molar-refractivity contribution is -0.124. The van der Waals surface area contributed by atoms with Gasteiger partial charge in [0.2, 0.25) is 0 Å². The van der Waals surface area contributed by atoms with Crippen LogP contribution in [-0.4, -0.2) is 59.2 Å². The molecule has 0 bridgehead atoms. The third kappa shape index (κ3) is 3.74. The van der Waals surface area contributed by atoms with Crippen molar-refractivity contribution in [2.45, 2.75) is 44.2 Å². The highest BCUT2D eigenvalue weighted by molar-refractivity contribution is 7.91. The smallest absolute Gasteiger partial charge is 0.260 e. The molecule has 2 aliphatic heterocycles. The topological polar surface area (TPSA) is 137 Å². The predicted molar refractivity (Wildman–Crippen MR) is 128 cm³/mol. The SMILES string of the molecule is Cc1nn([C@@H]2CCS(=O)(=O)C2)c2nc(C3CC3)cc(C(=O)N3C[C@@H](C(N)=O)Oc4ccccc43)c12. The Kier molecular flexibility index (Phi) is 4.89. The van der Waals surface area contributed by atoms with Crippen LogP contribution in [0.5, 0.6) is 5.75 Å². The highest BCUT2D eigenvalue weighted by atomic mass is 32.2. The normalized spacial score (nSPS) is 23.2. The van der Waals surface area contributed by atoms with Crippen LogP contribution in [0.3, 0.4) is 0 Å². The first-order valence-corrected chi connectivity index (χ1v) is 13.5. The number of primary amides is 1. The number of benzene rings is 1. The molecule has 0 unspecified atom stereocenters. The standard InChI is InChI=1S/C24H25N5O5S/c1-13-21-16(24(31)28-11-20(22(25)30)34-19-5-3-2-4-18(19)28)10-17(14-6-7-14)26-23(21)29(27-13)15-8-9-35(32,33)12-15/h2-5,10,14-15,20H,6-9,11-12H2,1H3,(H2,25,30)/t15-,20+/m1/s1. The van der Waals surface area contributed by atoms with E-state index in [2.05, 4.69) is 5.10 Å². The van der Waals surface area contributed by atoms with Gasteiger partial charge in [-0.2, -0.15) is 5.10 Å². The minimum atomic E-state index is -3.13. The summed E-state index contributed by atoms with van der Waals surface area (Å²) in [5, 5.41) is 5.25. The number of ether oxygens (including phenoxy) is 1. The molecule has 1 saturated heterocycles. The Morgan fingerprint density at radius 3 is 2.63 bits per heavy atom. The van der Waals surface area contributed by atoms with E-state index in [-0.39, 0.29) is 35.9 Å². The van der Waals surface area contributed by atoms with Crippen LogP contribution in [0.1, 0.15) is 53.0 Å². The monoisotopic (exact) mass is 495 g/mol. The molecular weight excluding hydrogens is 470 g/mol. The van der Waals surface area contributed by atoms with Crippen molar-refractivity contribution in [3.8, 4) is 5.75 Å². The summed E-state index contributed by atoms with van der Waals surface area (Å²) in [6, 6.07) is 8.55. The third-order valence-electron chi connectivity index (χ3n) is 6.97. The van der Waals surface area contributed by atoms with E-state index in [0.29, 0.717) is 40.1 Å². The van der Waals surface area contributed by atoms with E-state index in [1.54, 1.807) is 35.9 Å². The summed E-state index contributed by atoms with van der Waals surface area (Å²) in [7, 11) is -3.13. The molecule has 1 aromatic carbocycles. The van der Waals surface area contributed by atoms with Crippen LogP contribution in [0.4, 0.5) is 5.69 Å². The van der Waals surface area contributed by atoms with Gasteiger partial charge in [0, 0.05) is 11.6 Å². The van der Waals surface area contributed by atoms with E-state index < -0.39 is 21.8 Å². The number of para-hydroxylation sites is 2. The number of nitrogens with zero attached hydrogens (tertiary/aromatic N) is 4. The first kappa shape index (κ1) is 22.0. The maximum Gasteiger partial charge on any atom is 0.260 e. The van der Waals surface area contributed by atoms with E-state index in [4.69, 9.17) is 15.5 Å². The van der Waals surface area contributed by atoms with Crippen molar-refractivity contribution in [2.24, 2.45) is 5.73 Å². The molecule has 0 spiro atoms. The average Bonchev–Trinajstić information content (AvgIpc) is 3.55. The summed E-state index contributed by atoms with van der Waals surface area (Å²) in [5.41, 5.74) is 8.46. The molecule has 10 nitrogen and oxygen atoms in total. The number of carbonyl (C=O) groups excluding carboxylic acids is 2. The minimum Gasteiger partial charge on any atom is -0.477 e. The van der Waals surface area contributed by atoms with Crippen LogP contribution in [0.2, 0.25) is 0 Å². The average molecular weight is 496 g/mol. The van der Waals surface area contributed by atoms with Gasteiger partial charge in [-0.15, -0.1) is 0 Å². The maximum absolute atomic E-state index is 14.1. The fourth-order valence-electron chi connectivity index (χ4n) is 5.03. The zero-order chi connectivity index (χ0) is 24.5. The lowest BCUT2D eigenvalue weighted by Crippen LogP contribution is -2.49. The van der Waals surface area contributed by atoms with Crippen LogP contribution in [0.15, 0.2) is 30.3 Å². The molecule has 2 fully saturated rings. The number of hydrogen-bond donors (Lipinski definition) is 1. The van der Waals surface area contributed by atoms with Crippen molar-refractivity contribution >= 4 is 38.4 Å². The second-order valence-corrected chi connectivity index (χ2v) is 11.8. The van der Waals surface area contributed by atoms with Gasteiger partial charge in [-0.25, -0.2) is 18.1 Å². The van der Waals surface area contributed by atoms with Gasteiger partial charge in [-0.05, 0) is 44.4 Å². The van der Waals surface area contributed by atoms with E-state index in [1.807, 2.05) is 6.07 Å². The molecule has 182 valence electrons. The molecule has 1 aliphatic carbocycles. The molecule has 4 heterocycles. The Morgan fingerprint density at radius 1 is 1.17 bits per heavy atom. The van der Waals surface area contributed by atoms with Gasteiger partial charge in [-0.1, -0.05) is 12.1 Å². The van der Waals surface area contributed by atoms with Crippen molar-refractivity contribution < 1.29 is 22.7 Å². The highest BCUT2D eigenvalue weighted by Crippen LogP contribution is 2.42. The number of anilines is 1. The van der Waals surface area contributed by atoms with Gasteiger partial charge in [0.15, 0.2) is 21.6 Å². The zero-order valence-electron chi connectivity index (χ0n) is 19.2. The number of aryl methyl sites for hydroxylation is 1. The second-order valence-electron chi connectivity index (χ2n) is 9.55. The predicted octanol–water partition coefficient (Wildman–Crippen LogP) is 1.87. The molecule has 6 rings (SSSR count). The van der Waals surface area contributed by atoms with Crippen LogP contribution in [-0.2, 0) is 14.6 Å². The molecule has 2 atom stereocenters. The van der Waals surface area contributed by atoms with Crippen LogP contribution in [0, 0.1) is 6.92 Å². The summed E-state index contributed by atoms with van der Waals surface area (Å²) in [4.78, 5) is 32.4. The quantitative estimate of drug-likeness (QED) is 0.583. The fraction of sp³-hybridized carbons (Fsp3) is 0.417. The molecule has 1 saturated carbocycles. The van der Waals surface area contributed by atoms with Gasteiger partial charge < -0.3 is 15.4 Å². The number of fused-ring (bicyclic) bond motifs is 2. The summed E-state index contributed by atoms with van der Waals surface area (Å²) < 4.78 is 31.7. The van der Waals surface area contributed by atoms with Crippen molar-refractivity contribution in [3.05, 3.63) is 47.3 Å². The number of pyridine rings is 1. The van der Waals surface area contributed by atoms with Crippen molar-refractivity contribution in [3.63, 3.8) is 0 Å². The number of carbonyl (C=O) groups is 2. The summed E-state index contributed by atoms with van der Waals surface area (Å²) in [5.74, 6) is -0.153. The van der Waals surface area contributed by atoms with Crippen LogP contribution < -0.4 is 15.4 Å². The molecule has 2 aromatic heterocycles. The zero-order valence-corrected chi connectivity index (χ0v) is 20.0. The van der Waals surface area contributed by atoms with Crippen LogP contribution in [0.25, 0.3) is 11.0 Å². The van der Waals surface area contributed by atoms with Gasteiger partial charge in [-0.3, -0.25) is 9.59 Å².